The second-order valence-corrected chi connectivity index (χ2v) is 5.17. The van der Waals surface area contributed by atoms with Crippen molar-refractivity contribution in [3.8, 4) is 0 Å². The zero-order valence-corrected chi connectivity index (χ0v) is 9.93. The minimum absolute atomic E-state index is 0.508. The average molecular weight is 183 g/mol. The lowest BCUT2D eigenvalue weighted by atomic mass is 9.82. The Morgan fingerprint density at radius 3 is 1.77 bits per heavy atom. The summed E-state index contributed by atoms with van der Waals surface area (Å²) in [4.78, 5) is 2.60. The van der Waals surface area contributed by atoms with Crippen LogP contribution in [0.25, 0.3) is 0 Å². The summed E-state index contributed by atoms with van der Waals surface area (Å²) in [5.41, 5.74) is 0.508. The van der Waals surface area contributed by atoms with Crippen LogP contribution in [0, 0.1) is 5.92 Å². The summed E-state index contributed by atoms with van der Waals surface area (Å²) in [6.45, 7) is 9.37. The van der Waals surface area contributed by atoms with Gasteiger partial charge in [0.2, 0.25) is 0 Å². The molecular formula is C12H25N. The monoisotopic (exact) mass is 183 g/mol. The maximum absolute atomic E-state index is 2.60. The third-order valence-corrected chi connectivity index (χ3v) is 4.02. The number of hydrogen-bond acceptors (Lipinski definition) is 1. The summed E-state index contributed by atoms with van der Waals surface area (Å²) in [7, 11) is 2.30. The van der Waals surface area contributed by atoms with Crippen molar-refractivity contribution in [3.63, 3.8) is 0 Å². The zero-order chi connectivity index (χ0) is 10.1. The van der Waals surface area contributed by atoms with Crippen LogP contribution in [0.1, 0.15) is 53.4 Å². The molecule has 13 heavy (non-hydrogen) atoms. The van der Waals surface area contributed by atoms with Gasteiger partial charge in [-0.2, -0.15) is 0 Å². The van der Waals surface area contributed by atoms with E-state index in [2.05, 4.69) is 39.6 Å². The van der Waals surface area contributed by atoms with E-state index in [4.69, 9.17) is 0 Å². The predicted octanol–water partition coefficient (Wildman–Crippen LogP) is 3.30. The normalized spacial score (nSPS) is 22.2. The van der Waals surface area contributed by atoms with E-state index in [1.165, 1.54) is 25.7 Å². The molecule has 0 N–H and O–H groups in total. The second kappa shape index (κ2) is 4.00. The third-order valence-electron chi connectivity index (χ3n) is 4.02. The average Bonchev–Trinajstić information content (AvgIpc) is 2.51. The van der Waals surface area contributed by atoms with E-state index in [1.54, 1.807) is 0 Å². The largest absolute Gasteiger partial charge is 0.298 e. The van der Waals surface area contributed by atoms with Crippen molar-refractivity contribution in [3.05, 3.63) is 0 Å². The van der Waals surface area contributed by atoms with Crippen molar-refractivity contribution < 1.29 is 0 Å². The molecule has 0 amide bonds. The zero-order valence-electron chi connectivity index (χ0n) is 9.93. The Morgan fingerprint density at radius 1 is 1.00 bits per heavy atom. The van der Waals surface area contributed by atoms with Gasteiger partial charge in [0.1, 0.15) is 0 Å². The van der Waals surface area contributed by atoms with Gasteiger partial charge in [-0.3, -0.25) is 4.90 Å². The molecule has 0 atom stereocenters. The predicted molar refractivity (Wildman–Crippen MR) is 58.9 cm³/mol. The number of hydrogen-bond donors (Lipinski definition) is 0. The van der Waals surface area contributed by atoms with Gasteiger partial charge in [0, 0.05) is 11.6 Å². The Balaban J connectivity index is 2.78. The van der Waals surface area contributed by atoms with Crippen LogP contribution in [-0.4, -0.2) is 23.5 Å². The molecule has 1 aliphatic carbocycles. The highest BCUT2D eigenvalue weighted by molar-refractivity contribution is 4.96. The Morgan fingerprint density at radius 2 is 1.46 bits per heavy atom. The Labute approximate surface area is 83.5 Å². The fraction of sp³-hybridized carbons (Fsp3) is 1.00. The van der Waals surface area contributed by atoms with Gasteiger partial charge < -0.3 is 0 Å². The maximum atomic E-state index is 2.60. The molecule has 78 valence electrons. The fourth-order valence-corrected chi connectivity index (χ4v) is 2.84. The quantitative estimate of drug-likeness (QED) is 0.649. The summed E-state index contributed by atoms with van der Waals surface area (Å²) in [6, 6.07) is 0.681. The molecule has 0 aromatic rings. The van der Waals surface area contributed by atoms with E-state index in [0.29, 0.717) is 11.6 Å². The van der Waals surface area contributed by atoms with Crippen molar-refractivity contribution >= 4 is 0 Å². The Kier molecular flexibility index (Phi) is 3.39. The van der Waals surface area contributed by atoms with E-state index in [-0.39, 0.29) is 0 Å². The van der Waals surface area contributed by atoms with Crippen molar-refractivity contribution in [1.82, 2.24) is 4.90 Å². The van der Waals surface area contributed by atoms with Gasteiger partial charge in [0.05, 0.1) is 0 Å². The molecule has 0 spiro atoms. The standard InChI is InChI=1S/C12H25N/c1-10(2)12(8-6-7-9-12)13(5)11(3)4/h10-11H,6-9H2,1-5H3. The van der Waals surface area contributed by atoms with Crippen LogP contribution in [0.3, 0.4) is 0 Å². The molecule has 0 bridgehead atoms. The second-order valence-electron chi connectivity index (χ2n) is 5.17. The van der Waals surface area contributed by atoms with Crippen LogP contribution in [0.4, 0.5) is 0 Å². The summed E-state index contributed by atoms with van der Waals surface area (Å²) in [5, 5.41) is 0. The van der Waals surface area contributed by atoms with Crippen LogP contribution in [0.2, 0.25) is 0 Å². The molecule has 1 nitrogen and oxygen atoms in total. The summed E-state index contributed by atoms with van der Waals surface area (Å²) in [6.07, 6.45) is 5.66. The molecular weight excluding hydrogens is 158 g/mol. The molecule has 0 saturated heterocycles. The molecule has 1 fully saturated rings. The molecule has 1 saturated carbocycles. The first-order chi connectivity index (χ1) is 6.00. The molecule has 0 unspecified atom stereocenters. The Bertz CT molecular complexity index is 155. The Hall–Kier alpha value is -0.0400. The van der Waals surface area contributed by atoms with Crippen LogP contribution in [0.5, 0.6) is 0 Å². The molecule has 1 aliphatic rings. The highest BCUT2D eigenvalue weighted by atomic mass is 15.2. The summed E-state index contributed by atoms with van der Waals surface area (Å²) >= 11 is 0. The van der Waals surface area contributed by atoms with Crippen LogP contribution in [-0.2, 0) is 0 Å². The molecule has 1 rings (SSSR count). The molecule has 0 aromatic heterocycles. The molecule has 0 heterocycles. The molecule has 0 radical (unpaired) electrons. The topological polar surface area (TPSA) is 3.24 Å². The van der Waals surface area contributed by atoms with Gasteiger partial charge in [-0.25, -0.2) is 0 Å². The first-order valence-corrected chi connectivity index (χ1v) is 5.73. The SMILES string of the molecule is CC(C)N(C)C1(C(C)C)CCCC1. The number of nitrogens with zero attached hydrogens (tertiary/aromatic N) is 1. The van der Waals surface area contributed by atoms with Crippen molar-refractivity contribution in [2.75, 3.05) is 7.05 Å². The lowest BCUT2D eigenvalue weighted by Crippen LogP contribution is -2.51. The maximum Gasteiger partial charge on any atom is 0.0232 e. The van der Waals surface area contributed by atoms with Crippen molar-refractivity contribution in [2.45, 2.75) is 65.0 Å². The molecule has 0 aliphatic heterocycles. The van der Waals surface area contributed by atoms with Crippen LogP contribution < -0.4 is 0 Å². The van der Waals surface area contributed by atoms with Gasteiger partial charge in [-0.05, 0) is 39.7 Å². The minimum Gasteiger partial charge on any atom is -0.298 e. The molecule has 0 aromatic carbocycles. The van der Waals surface area contributed by atoms with E-state index in [1.807, 2.05) is 0 Å². The van der Waals surface area contributed by atoms with Crippen molar-refractivity contribution in [2.24, 2.45) is 5.92 Å². The highest BCUT2D eigenvalue weighted by Crippen LogP contribution is 2.41. The van der Waals surface area contributed by atoms with Gasteiger partial charge in [0.15, 0.2) is 0 Å². The van der Waals surface area contributed by atoms with Crippen LogP contribution >= 0.6 is 0 Å². The van der Waals surface area contributed by atoms with E-state index in [0.717, 1.165) is 5.92 Å². The summed E-state index contributed by atoms with van der Waals surface area (Å²) in [5.74, 6) is 0.794. The number of rotatable bonds is 3. The van der Waals surface area contributed by atoms with Gasteiger partial charge in [0.25, 0.3) is 0 Å². The van der Waals surface area contributed by atoms with Crippen molar-refractivity contribution in [1.29, 1.82) is 0 Å². The fourth-order valence-electron chi connectivity index (χ4n) is 2.84. The first-order valence-electron chi connectivity index (χ1n) is 5.73. The van der Waals surface area contributed by atoms with Gasteiger partial charge in [-0.1, -0.05) is 26.7 Å². The lowest BCUT2D eigenvalue weighted by Gasteiger charge is -2.45. The third kappa shape index (κ3) is 1.90. The van der Waals surface area contributed by atoms with Gasteiger partial charge >= 0.3 is 0 Å². The highest BCUT2D eigenvalue weighted by Gasteiger charge is 2.40. The van der Waals surface area contributed by atoms with Gasteiger partial charge in [-0.15, -0.1) is 0 Å². The smallest absolute Gasteiger partial charge is 0.0232 e. The van der Waals surface area contributed by atoms with E-state index in [9.17, 15) is 0 Å². The minimum atomic E-state index is 0.508. The van der Waals surface area contributed by atoms with E-state index < -0.39 is 0 Å². The summed E-state index contributed by atoms with van der Waals surface area (Å²) < 4.78 is 0. The van der Waals surface area contributed by atoms with Crippen LogP contribution in [0.15, 0.2) is 0 Å². The van der Waals surface area contributed by atoms with E-state index >= 15 is 0 Å². The lowest BCUT2D eigenvalue weighted by molar-refractivity contribution is 0.0479. The first kappa shape index (κ1) is 11.0. The molecule has 1 heteroatoms.